The van der Waals surface area contributed by atoms with Gasteiger partial charge in [0.2, 0.25) is 0 Å². The fraction of sp³-hybridized carbons (Fsp3) is 0.350. The molecule has 0 spiro atoms. The van der Waals surface area contributed by atoms with E-state index in [2.05, 4.69) is 24.4 Å². The second-order valence-corrected chi connectivity index (χ2v) is 5.72. The number of benzene rings is 2. The van der Waals surface area contributed by atoms with E-state index in [-0.39, 0.29) is 5.91 Å². The van der Waals surface area contributed by atoms with Crippen LogP contribution in [0.4, 0.5) is 0 Å². The van der Waals surface area contributed by atoms with Gasteiger partial charge in [0.05, 0.1) is 0 Å². The Hall–Kier alpha value is -2.13. The molecule has 3 heteroatoms. The van der Waals surface area contributed by atoms with Crippen molar-refractivity contribution in [1.29, 1.82) is 0 Å². The van der Waals surface area contributed by atoms with Gasteiger partial charge in [-0.1, -0.05) is 43.3 Å². The number of nitrogens with one attached hydrogen (secondary N) is 1. The minimum atomic E-state index is -0.000939. The maximum Gasteiger partial charge on any atom is 0.251 e. The van der Waals surface area contributed by atoms with E-state index < -0.39 is 0 Å². The first kappa shape index (κ1) is 17.2. The van der Waals surface area contributed by atoms with E-state index in [1.165, 1.54) is 16.7 Å². The minimum Gasteiger partial charge on any atom is -0.352 e. The summed E-state index contributed by atoms with van der Waals surface area (Å²) in [4.78, 5) is 12.3. The first-order chi connectivity index (χ1) is 11.2. The molecule has 0 radical (unpaired) electrons. The molecular weight excluding hydrogens is 284 g/mol. The van der Waals surface area contributed by atoms with Gasteiger partial charge in [-0.05, 0) is 61.1 Å². The molecule has 2 aromatic rings. The van der Waals surface area contributed by atoms with Crippen LogP contribution in [-0.2, 0) is 19.3 Å². The number of amides is 1. The molecule has 0 aromatic heterocycles. The largest absolute Gasteiger partial charge is 0.352 e. The van der Waals surface area contributed by atoms with E-state index >= 15 is 0 Å². The Morgan fingerprint density at radius 3 is 2.52 bits per heavy atom. The number of hydrogen-bond donors (Lipinski definition) is 2. The Balaban J connectivity index is 1.86. The summed E-state index contributed by atoms with van der Waals surface area (Å²) >= 11 is 0. The SMILES string of the molecule is CCc1ccc(C(=O)NCCCc2ccccc2)cc1CCN. The minimum absolute atomic E-state index is 0.000939. The van der Waals surface area contributed by atoms with Crippen LogP contribution in [-0.4, -0.2) is 19.0 Å². The Morgan fingerprint density at radius 1 is 1.04 bits per heavy atom. The van der Waals surface area contributed by atoms with Gasteiger partial charge in [0.15, 0.2) is 0 Å². The van der Waals surface area contributed by atoms with Gasteiger partial charge < -0.3 is 11.1 Å². The summed E-state index contributed by atoms with van der Waals surface area (Å²) in [6, 6.07) is 16.3. The van der Waals surface area contributed by atoms with Crippen molar-refractivity contribution in [2.24, 2.45) is 5.73 Å². The summed E-state index contributed by atoms with van der Waals surface area (Å²) in [6.45, 7) is 3.42. The molecule has 0 aliphatic heterocycles. The molecule has 0 unspecified atom stereocenters. The van der Waals surface area contributed by atoms with Crippen LogP contribution in [0.25, 0.3) is 0 Å². The van der Waals surface area contributed by atoms with E-state index in [1.54, 1.807) is 0 Å². The van der Waals surface area contributed by atoms with Crippen molar-refractivity contribution in [2.75, 3.05) is 13.1 Å². The summed E-state index contributed by atoms with van der Waals surface area (Å²) in [6.07, 6.45) is 3.71. The predicted octanol–water partition coefficient (Wildman–Crippen LogP) is 3.11. The average Bonchev–Trinajstić information content (AvgIpc) is 2.59. The van der Waals surface area contributed by atoms with Crippen molar-refractivity contribution < 1.29 is 4.79 Å². The fourth-order valence-corrected chi connectivity index (χ4v) is 2.74. The third-order valence-corrected chi connectivity index (χ3v) is 4.03. The Labute approximate surface area is 138 Å². The van der Waals surface area contributed by atoms with Gasteiger partial charge >= 0.3 is 0 Å². The number of carbonyl (C=O) groups is 1. The number of hydrogen-bond acceptors (Lipinski definition) is 2. The van der Waals surface area contributed by atoms with Crippen molar-refractivity contribution >= 4 is 5.91 Å². The van der Waals surface area contributed by atoms with Gasteiger partial charge in [-0.25, -0.2) is 0 Å². The molecule has 2 aromatic carbocycles. The van der Waals surface area contributed by atoms with Crippen LogP contribution in [0, 0.1) is 0 Å². The van der Waals surface area contributed by atoms with Gasteiger partial charge in [0.1, 0.15) is 0 Å². The lowest BCUT2D eigenvalue weighted by Gasteiger charge is -2.10. The summed E-state index contributed by atoms with van der Waals surface area (Å²) < 4.78 is 0. The summed E-state index contributed by atoms with van der Waals surface area (Å²) in [5.41, 5.74) is 10.2. The van der Waals surface area contributed by atoms with Gasteiger partial charge in [-0.3, -0.25) is 4.79 Å². The van der Waals surface area contributed by atoms with Crippen molar-refractivity contribution in [3.63, 3.8) is 0 Å². The monoisotopic (exact) mass is 310 g/mol. The van der Waals surface area contributed by atoms with Gasteiger partial charge in [0, 0.05) is 12.1 Å². The van der Waals surface area contributed by atoms with Gasteiger partial charge in [-0.2, -0.15) is 0 Å². The maximum absolute atomic E-state index is 12.3. The summed E-state index contributed by atoms with van der Waals surface area (Å²) in [5.74, 6) is -0.000939. The van der Waals surface area contributed by atoms with E-state index in [1.807, 2.05) is 36.4 Å². The van der Waals surface area contributed by atoms with Crippen LogP contribution in [0.5, 0.6) is 0 Å². The number of carbonyl (C=O) groups excluding carboxylic acids is 1. The first-order valence-electron chi connectivity index (χ1n) is 8.38. The molecule has 122 valence electrons. The molecule has 0 heterocycles. The van der Waals surface area contributed by atoms with Crippen LogP contribution in [0.3, 0.4) is 0 Å². The molecule has 0 fully saturated rings. The lowest BCUT2D eigenvalue weighted by atomic mass is 9.99. The average molecular weight is 310 g/mol. The number of nitrogens with two attached hydrogens (primary N) is 1. The summed E-state index contributed by atoms with van der Waals surface area (Å²) in [7, 11) is 0. The maximum atomic E-state index is 12.3. The molecule has 23 heavy (non-hydrogen) atoms. The van der Waals surface area contributed by atoms with Crippen LogP contribution in [0.1, 0.15) is 40.4 Å². The molecule has 0 aliphatic carbocycles. The third kappa shape index (κ3) is 5.22. The summed E-state index contributed by atoms with van der Waals surface area (Å²) in [5, 5.41) is 3.01. The first-order valence-corrected chi connectivity index (χ1v) is 8.38. The van der Waals surface area contributed by atoms with E-state index in [0.717, 1.165) is 31.2 Å². The van der Waals surface area contributed by atoms with E-state index in [9.17, 15) is 4.79 Å². The molecule has 0 atom stereocenters. The third-order valence-electron chi connectivity index (χ3n) is 4.03. The van der Waals surface area contributed by atoms with Crippen molar-refractivity contribution in [3.05, 3.63) is 70.8 Å². The van der Waals surface area contributed by atoms with Crippen molar-refractivity contribution in [3.8, 4) is 0 Å². The van der Waals surface area contributed by atoms with Crippen LogP contribution < -0.4 is 11.1 Å². The van der Waals surface area contributed by atoms with Crippen LogP contribution >= 0.6 is 0 Å². The lowest BCUT2D eigenvalue weighted by Crippen LogP contribution is -2.25. The Morgan fingerprint density at radius 2 is 1.83 bits per heavy atom. The molecule has 2 rings (SSSR count). The molecule has 0 saturated heterocycles. The Kier molecular flexibility index (Phi) is 6.82. The predicted molar refractivity (Wildman–Crippen MR) is 95.7 cm³/mol. The molecule has 0 bridgehead atoms. The topological polar surface area (TPSA) is 55.1 Å². The smallest absolute Gasteiger partial charge is 0.251 e. The highest BCUT2D eigenvalue weighted by Gasteiger charge is 2.08. The highest BCUT2D eigenvalue weighted by molar-refractivity contribution is 5.94. The highest BCUT2D eigenvalue weighted by atomic mass is 16.1. The van der Waals surface area contributed by atoms with E-state index in [0.29, 0.717) is 13.1 Å². The van der Waals surface area contributed by atoms with Crippen LogP contribution in [0.2, 0.25) is 0 Å². The van der Waals surface area contributed by atoms with Crippen LogP contribution in [0.15, 0.2) is 48.5 Å². The van der Waals surface area contributed by atoms with Crippen molar-refractivity contribution in [2.45, 2.75) is 32.6 Å². The standard InChI is InChI=1S/C20H26N2O/c1-2-17-10-11-19(15-18(17)12-13-21)20(23)22-14-6-9-16-7-4-3-5-8-16/h3-5,7-8,10-11,15H,2,6,9,12-14,21H2,1H3,(H,22,23). The molecule has 3 nitrogen and oxygen atoms in total. The zero-order valence-electron chi connectivity index (χ0n) is 13.8. The molecule has 0 aliphatic rings. The zero-order chi connectivity index (χ0) is 16.5. The highest BCUT2D eigenvalue weighted by Crippen LogP contribution is 2.13. The van der Waals surface area contributed by atoms with Gasteiger partial charge in [0.25, 0.3) is 5.91 Å². The lowest BCUT2D eigenvalue weighted by molar-refractivity contribution is 0.0953. The zero-order valence-corrected chi connectivity index (χ0v) is 13.8. The molecule has 1 amide bonds. The van der Waals surface area contributed by atoms with Gasteiger partial charge in [-0.15, -0.1) is 0 Å². The molecule has 0 saturated carbocycles. The number of aryl methyl sites for hydroxylation is 2. The quantitative estimate of drug-likeness (QED) is 0.736. The number of rotatable bonds is 8. The molecular formula is C20H26N2O. The van der Waals surface area contributed by atoms with E-state index in [4.69, 9.17) is 5.73 Å². The second-order valence-electron chi connectivity index (χ2n) is 5.72. The second kappa shape index (κ2) is 9.11. The van der Waals surface area contributed by atoms with Crippen molar-refractivity contribution in [1.82, 2.24) is 5.32 Å². The molecule has 3 N–H and O–H groups in total. The fourth-order valence-electron chi connectivity index (χ4n) is 2.74. The Bertz CT molecular complexity index is 623. The normalized spacial score (nSPS) is 10.5.